The van der Waals surface area contributed by atoms with Crippen LogP contribution in [0.5, 0.6) is 0 Å². The molecule has 0 rings (SSSR count). The Morgan fingerprint density at radius 1 is 1.62 bits per heavy atom. The molecule has 0 bridgehead atoms. The van der Waals surface area contributed by atoms with E-state index in [1.807, 2.05) is 6.92 Å². The van der Waals surface area contributed by atoms with Gasteiger partial charge in [-0.05, 0) is 13.3 Å². The van der Waals surface area contributed by atoms with Crippen molar-refractivity contribution in [3.63, 3.8) is 0 Å². The monoisotopic (exact) mass is 120 g/mol. The third-order valence-electron chi connectivity index (χ3n) is 1.40. The van der Waals surface area contributed by atoms with Crippen LogP contribution in [0.1, 0.15) is 20.3 Å². The van der Waals surface area contributed by atoms with E-state index in [4.69, 9.17) is 5.11 Å². The van der Waals surface area contributed by atoms with Gasteiger partial charge in [0.05, 0.1) is 12.8 Å². The minimum Gasteiger partial charge on any atom is -0.393 e. The first-order valence-electron chi connectivity index (χ1n) is 2.96. The van der Waals surface area contributed by atoms with E-state index in [1.54, 1.807) is 6.92 Å². The summed E-state index contributed by atoms with van der Waals surface area (Å²) in [6.07, 6.45) is 0.221. The van der Waals surface area contributed by atoms with Crippen molar-refractivity contribution in [2.24, 2.45) is 5.92 Å². The third kappa shape index (κ3) is 2.26. The Labute approximate surface area is 49.5 Å². The molecule has 0 aliphatic heterocycles. The Kier molecular flexibility index (Phi) is 3.79. The highest BCUT2D eigenvalue weighted by atomic mass is 19.1. The summed E-state index contributed by atoms with van der Waals surface area (Å²) in [5, 5.41) is 8.77. The predicted molar refractivity (Wildman–Crippen MR) is 31.4 cm³/mol. The molecule has 0 spiro atoms. The molecular formula is C6H13FO. The van der Waals surface area contributed by atoms with Crippen LogP contribution in [0.4, 0.5) is 4.39 Å². The van der Waals surface area contributed by atoms with Gasteiger partial charge in [-0.2, -0.15) is 0 Å². The summed E-state index contributed by atoms with van der Waals surface area (Å²) in [6, 6.07) is 0. The lowest BCUT2D eigenvalue weighted by Crippen LogP contribution is -2.17. The van der Waals surface area contributed by atoms with Crippen LogP contribution in [0.2, 0.25) is 0 Å². The van der Waals surface area contributed by atoms with E-state index in [-0.39, 0.29) is 5.92 Å². The molecule has 50 valence electrons. The molecule has 0 heterocycles. The fraction of sp³-hybridized carbons (Fsp3) is 1.00. The SMILES string of the molecule is CC[C@H](CF)C(C)O. The Morgan fingerprint density at radius 3 is 2.12 bits per heavy atom. The van der Waals surface area contributed by atoms with E-state index in [0.717, 1.165) is 0 Å². The summed E-state index contributed by atoms with van der Waals surface area (Å²) in [7, 11) is 0. The van der Waals surface area contributed by atoms with Crippen molar-refractivity contribution in [3.05, 3.63) is 0 Å². The van der Waals surface area contributed by atoms with Gasteiger partial charge in [0.1, 0.15) is 0 Å². The second kappa shape index (κ2) is 3.84. The zero-order valence-corrected chi connectivity index (χ0v) is 5.39. The first kappa shape index (κ1) is 7.89. The van der Waals surface area contributed by atoms with Crippen LogP contribution < -0.4 is 0 Å². The van der Waals surface area contributed by atoms with Gasteiger partial charge < -0.3 is 5.11 Å². The Hall–Kier alpha value is -0.110. The first-order chi connectivity index (χ1) is 3.72. The van der Waals surface area contributed by atoms with Crippen LogP contribution in [0.15, 0.2) is 0 Å². The van der Waals surface area contributed by atoms with E-state index in [0.29, 0.717) is 6.42 Å². The van der Waals surface area contributed by atoms with E-state index < -0.39 is 12.8 Å². The highest BCUT2D eigenvalue weighted by Gasteiger charge is 2.10. The van der Waals surface area contributed by atoms with Crippen molar-refractivity contribution in [3.8, 4) is 0 Å². The quantitative estimate of drug-likeness (QED) is 0.596. The molecule has 0 amide bonds. The highest BCUT2D eigenvalue weighted by Crippen LogP contribution is 2.07. The molecule has 2 heteroatoms. The minimum absolute atomic E-state index is 0.157. The summed E-state index contributed by atoms with van der Waals surface area (Å²) in [5.41, 5.74) is 0. The van der Waals surface area contributed by atoms with Gasteiger partial charge in [-0.25, -0.2) is 0 Å². The maximum Gasteiger partial charge on any atom is 0.0947 e. The molecule has 0 saturated heterocycles. The number of rotatable bonds is 3. The molecule has 0 aromatic rings. The normalized spacial score (nSPS) is 18.0. The minimum atomic E-state index is -0.495. The predicted octanol–water partition coefficient (Wildman–Crippen LogP) is 1.36. The summed E-state index contributed by atoms with van der Waals surface area (Å²) in [6.45, 7) is 3.08. The molecular weight excluding hydrogens is 107 g/mol. The molecule has 0 aromatic heterocycles. The maximum atomic E-state index is 11.7. The standard InChI is InChI=1S/C6H13FO/c1-3-6(4-7)5(2)8/h5-6,8H,3-4H2,1-2H3/t5?,6-/m1/s1. The molecule has 2 atom stereocenters. The van der Waals surface area contributed by atoms with Gasteiger partial charge >= 0.3 is 0 Å². The van der Waals surface area contributed by atoms with Gasteiger partial charge in [-0.1, -0.05) is 6.92 Å². The molecule has 1 N–H and O–H groups in total. The topological polar surface area (TPSA) is 20.2 Å². The van der Waals surface area contributed by atoms with Crippen LogP contribution >= 0.6 is 0 Å². The van der Waals surface area contributed by atoms with Crippen LogP contribution in [-0.2, 0) is 0 Å². The lowest BCUT2D eigenvalue weighted by Gasteiger charge is -2.12. The van der Waals surface area contributed by atoms with Crippen LogP contribution in [0.25, 0.3) is 0 Å². The van der Waals surface area contributed by atoms with Crippen molar-refractivity contribution in [1.82, 2.24) is 0 Å². The fourth-order valence-electron chi connectivity index (χ4n) is 0.579. The molecule has 0 radical (unpaired) electrons. The average molecular weight is 120 g/mol. The lowest BCUT2D eigenvalue weighted by molar-refractivity contribution is 0.105. The van der Waals surface area contributed by atoms with Gasteiger partial charge in [0.15, 0.2) is 0 Å². The molecule has 0 fully saturated rings. The molecule has 0 aromatic carbocycles. The van der Waals surface area contributed by atoms with Crippen molar-refractivity contribution >= 4 is 0 Å². The zero-order chi connectivity index (χ0) is 6.57. The molecule has 1 nitrogen and oxygen atoms in total. The number of hydrogen-bond donors (Lipinski definition) is 1. The first-order valence-corrected chi connectivity index (χ1v) is 2.96. The molecule has 0 aliphatic rings. The molecule has 0 saturated carbocycles. The van der Waals surface area contributed by atoms with Crippen molar-refractivity contribution < 1.29 is 9.50 Å². The Bertz CT molecular complexity index is 50.5. The maximum absolute atomic E-state index is 11.7. The smallest absolute Gasteiger partial charge is 0.0947 e. The average Bonchev–Trinajstić information content (AvgIpc) is 1.69. The largest absolute Gasteiger partial charge is 0.393 e. The lowest BCUT2D eigenvalue weighted by atomic mass is 10.0. The summed E-state index contributed by atoms with van der Waals surface area (Å²) >= 11 is 0. The van der Waals surface area contributed by atoms with Crippen molar-refractivity contribution in [2.45, 2.75) is 26.4 Å². The zero-order valence-electron chi connectivity index (χ0n) is 5.39. The summed E-state index contributed by atoms with van der Waals surface area (Å²) < 4.78 is 11.7. The van der Waals surface area contributed by atoms with Crippen LogP contribution in [0.3, 0.4) is 0 Å². The summed E-state index contributed by atoms with van der Waals surface area (Å²) in [4.78, 5) is 0. The Balaban J connectivity index is 3.35. The van der Waals surface area contributed by atoms with Gasteiger partial charge in [0, 0.05) is 5.92 Å². The second-order valence-electron chi connectivity index (χ2n) is 2.06. The number of aliphatic hydroxyl groups excluding tert-OH is 1. The van der Waals surface area contributed by atoms with Crippen molar-refractivity contribution in [1.29, 1.82) is 0 Å². The van der Waals surface area contributed by atoms with Gasteiger partial charge in [0.25, 0.3) is 0 Å². The molecule has 1 unspecified atom stereocenters. The van der Waals surface area contributed by atoms with Crippen molar-refractivity contribution in [2.75, 3.05) is 6.67 Å². The summed E-state index contributed by atoms with van der Waals surface area (Å²) in [5.74, 6) is -0.157. The van der Waals surface area contributed by atoms with Gasteiger partial charge in [0.2, 0.25) is 0 Å². The third-order valence-corrected chi connectivity index (χ3v) is 1.40. The number of alkyl halides is 1. The van der Waals surface area contributed by atoms with Crippen LogP contribution in [0, 0.1) is 5.92 Å². The number of aliphatic hydroxyl groups is 1. The van der Waals surface area contributed by atoms with E-state index >= 15 is 0 Å². The number of halogens is 1. The number of hydrogen-bond acceptors (Lipinski definition) is 1. The van der Waals surface area contributed by atoms with Gasteiger partial charge in [-0.15, -0.1) is 0 Å². The highest BCUT2D eigenvalue weighted by molar-refractivity contribution is 4.60. The van der Waals surface area contributed by atoms with E-state index in [9.17, 15) is 4.39 Å². The van der Waals surface area contributed by atoms with E-state index in [2.05, 4.69) is 0 Å². The van der Waals surface area contributed by atoms with E-state index in [1.165, 1.54) is 0 Å². The second-order valence-corrected chi connectivity index (χ2v) is 2.06. The fourth-order valence-corrected chi connectivity index (χ4v) is 0.579. The molecule has 0 aliphatic carbocycles. The van der Waals surface area contributed by atoms with Gasteiger partial charge in [-0.3, -0.25) is 4.39 Å². The molecule has 8 heavy (non-hydrogen) atoms. The van der Waals surface area contributed by atoms with Crippen LogP contribution in [-0.4, -0.2) is 17.9 Å². The Morgan fingerprint density at radius 2 is 2.12 bits per heavy atom.